The first kappa shape index (κ1) is 12.3. The Labute approximate surface area is 86.8 Å². The summed E-state index contributed by atoms with van der Waals surface area (Å²) in [6, 6.07) is 0.369. The van der Waals surface area contributed by atoms with Crippen molar-refractivity contribution in [3.05, 3.63) is 0 Å². The first-order valence-corrected chi connectivity index (χ1v) is 6.35. The zero-order valence-electron chi connectivity index (χ0n) is 8.69. The maximum atomic E-state index is 9.23. The first-order chi connectivity index (χ1) is 6.72. The molecule has 84 valence electrons. The molecule has 14 heavy (non-hydrogen) atoms. The standard InChI is InChI=1S/C9H20NO3P/c1-2-12-14(11)13-7-8-3-5-9(10)6-4-8/h8-9,11H,2-7,10H2,1H3. The van der Waals surface area contributed by atoms with Gasteiger partial charge in [0.05, 0.1) is 13.2 Å². The van der Waals surface area contributed by atoms with E-state index < -0.39 is 8.60 Å². The minimum atomic E-state index is -1.65. The highest BCUT2D eigenvalue weighted by molar-refractivity contribution is 7.40. The summed E-state index contributed by atoms with van der Waals surface area (Å²) in [4.78, 5) is 9.23. The lowest BCUT2D eigenvalue weighted by molar-refractivity contribution is 0.158. The Morgan fingerprint density at radius 2 is 1.93 bits per heavy atom. The van der Waals surface area contributed by atoms with Crippen molar-refractivity contribution in [2.75, 3.05) is 13.2 Å². The molecule has 0 amide bonds. The summed E-state index contributed by atoms with van der Waals surface area (Å²) in [6.07, 6.45) is 4.37. The van der Waals surface area contributed by atoms with Gasteiger partial charge in [0.1, 0.15) is 0 Å². The molecule has 1 rings (SSSR count). The van der Waals surface area contributed by atoms with E-state index in [0.29, 0.717) is 25.2 Å². The van der Waals surface area contributed by atoms with Gasteiger partial charge in [0.2, 0.25) is 0 Å². The highest BCUT2D eigenvalue weighted by Crippen LogP contribution is 2.35. The van der Waals surface area contributed by atoms with Gasteiger partial charge in [-0.2, -0.15) is 0 Å². The van der Waals surface area contributed by atoms with E-state index in [1.54, 1.807) is 0 Å². The van der Waals surface area contributed by atoms with E-state index in [1.807, 2.05) is 6.92 Å². The molecule has 0 radical (unpaired) electrons. The number of nitrogens with two attached hydrogens (primary N) is 1. The third-order valence-electron chi connectivity index (χ3n) is 2.55. The smallest absolute Gasteiger partial charge is 0.328 e. The summed E-state index contributed by atoms with van der Waals surface area (Å²) in [7, 11) is -1.65. The minimum Gasteiger partial charge on any atom is -0.328 e. The maximum absolute atomic E-state index is 9.23. The van der Waals surface area contributed by atoms with Crippen molar-refractivity contribution >= 4 is 8.60 Å². The van der Waals surface area contributed by atoms with Gasteiger partial charge in [-0.05, 0) is 38.5 Å². The van der Waals surface area contributed by atoms with Crippen molar-refractivity contribution in [3.8, 4) is 0 Å². The molecule has 1 fully saturated rings. The van der Waals surface area contributed by atoms with Crippen molar-refractivity contribution in [1.82, 2.24) is 0 Å². The van der Waals surface area contributed by atoms with Crippen LogP contribution in [0.3, 0.4) is 0 Å². The molecule has 0 bridgehead atoms. The van der Waals surface area contributed by atoms with Crippen LogP contribution < -0.4 is 5.73 Å². The van der Waals surface area contributed by atoms with E-state index in [0.717, 1.165) is 25.7 Å². The van der Waals surface area contributed by atoms with Crippen LogP contribution in [-0.2, 0) is 9.05 Å². The Bertz CT molecular complexity index is 151. The van der Waals surface area contributed by atoms with Gasteiger partial charge in [0.25, 0.3) is 0 Å². The second-order valence-electron chi connectivity index (χ2n) is 3.73. The highest BCUT2D eigenvalue weighted by Gasteiger charge is 2.20. The molecule has 0 aromatic carbocycles. The quantitative estimate of drug-likeness (QED) is 0.694. The zero-order chi connectivity index (χ0) is 10.4. The fraction of sp³-hybridized carbons (Fsp3) is 1.00. The average molecular weight is 221 g/mol. The Balaban J connectivity index is 2.06. The van der Waals surface area contributed by atoms with E-state index in [9.17, 15) is 4.89 Å². The molecule has 1 atom stereocenters. The molecule has 0 saturated heterocycles. The van der Waals surface area contributed by atoms with E-state index in [4.69, 9.17) is 14.8 Å². The van der Waals surface area contributed by atoms with Crippen LogP contribution in [0.25, 0.3) is 0 Å². The third-order valence-corrected chi connectivity index (χ3v) is 3.40. The highest BCUT2D eigenvalue weighted by atomic mass is 31.2. The monoisotopic (exact) mass is 221 g/mol. The van der Waals surface area contributed by atoms with Gasteiger partial charge in [-0.3, -0.25) is 0 Å². The average Bonchev–Trinajstić information content (AvgIpc) is 2.17. The molecule has 1 aliphatic carbocycles. The number of hydrogen-bond acceptors (Lipinski definition) is 4. The van der Waals surface area contributed by atoms with Gasteiger partial charge in [-0.15, -0.1) is 0 Å². The lowest BCUT2D eigenvalue weighted by atomic mass is 9.87. The van der Waals surface area contributed by atoms with Crippen LogP contribution in [0.5, 0.6) is 0 Å². The second-order valence-corrected chi connectivity index (χ2v) is 4.72. The third kappa shape index (κ3) is 4.67. The van der Waals surface area contributed by atoms with Gasteiger partial charge in [-0.25, -0.2) is 0 Å². The molecule has 3 N–H and O–H groups in total. The lowest BCUT2D eigenvalue weighted by Gasteiger charge is -2.26. The molecule has 5 heteroatoms. The van der Waals surface area contributed by atoms with Crippen LogP contribution in [0.1, 0.15) is 32.6 Å². The van der Waals surface area contributed by atoms with Crippen molar-refractivity contribution in [3.63, 3.8) is 0 Å². The lowest BCUT2D eigenvalue weighted by Crippen LogP contribution is -2.27. The molecular weight excluding hydrogens is 201 g/mol. The summed E-state index contributed by atoms with van der Waals surface area (Å²) in [5.41, 5.74) is 5.79. The van der Waals surface area contributed by atoms with E-state index in [2.05, 4.69) is 0 Å². The minimum absolute atomic E-state index is 0.369. The Morgan fingerprint density at radius 1 is 1.29 bits per heavy atom. The molecule has 1 saturated carbocycles. The predicted octanol–water partition coefficient (Wildman–Crippen LogP) is 1.78. The van der Waals surface area contributed by atoms with Crippen LogP contribution in [0.15, 0.2) is 0 Å². The number of hydrogen-bond donors (Lipinski definition) is 2. The van der Waals surface area contributed by atoms with Gasteiger partial charge in [0.15, 0.2) is 0 Å². The molecule has 4 nitrogen and oxygen atoms in total. The molecule has 0 heterocycles. The summed E-state index contributed by atoms with van der Waals surface area (Å²) < 4.78 is 10.1. The molecule has 0 aliphatic heterocycles. The normalized spacial score (nSPS) is 30.2. The van der Waals surface area contributed by atoms with Crippen LogP contribution in [-0.4, -0.2) is 24.1 Å². The van der Waals surface area contributed by atoms with Crippen molar-refractivity contribution < 1.29 is 13.9 Å². The molecule has 1 unspecified atom stereocenters. The van der Waals surface area contributed by atoms with Gasteiger partial charge in [-0.1, -0.05) is 0 Å². The molecule has 0 spiro atoms. The molecule has 0 aromatic rings. The van der Waals surface area contributed by atoms with Crippen molar-refractivity contribution in [1.29, 1.82) is 0 Å². The molecular formula is C9H20NO3P. The van der Waals surface area contributed by atoms with Crippen LogP contribution in [0.2, 0.25) is 0 Å². The largest absolute Gasteiger partial charge is 0.329 e. The Kier molecular flexibility index (Phi) is 5.90. The fourth-order valence-electron chi connectivity index (χ4n) is 1.67. The molecule has 1 aliphatic rings. The zero-order valence-corrected chi connectivity index (χ0v) is 9.58. The predicted molar refractivity (Wildman–Crippen MR) is 56.7 cm³/mol. The van der Waals surface area contributed by atoms with Gasteiger partial charge in [0, 0.05) is 6.04 Å². The Hall–Kier alpha value is 0.270. The van der Waals surface area contributed by atoms with Gasteiger partial charge >= 0.3 is 8.60 Å². The summed E-state index contributed by atoms with van der Waals surface area (Å²) in [5, 5.41) is 0. The number of rotatable bonds is 5. The summed E-state index contributed by atoms with van der Waals surface area (Å²) >= 11 is 0. The fourth-order valence-corrected chi connectivity index (χ4v) is 2.31. The maximum Gasteiger partial charge on any atom is 0.329 e. The Morgan fingerprint density at radius 3 is 2.50 bits per heavy atom. The second kappa shape index (κ2) is 6.70. The van der Waals surface area contributed by atoms with Gasteiger partial charge < -0.3 is 19.7 Å². The first-order valence-electron chi connectivity index (χ1n) is 5.22. The van der Waals surface area contributed by atoms with Crippen LogP contribution >= 0.6 is 8.60 Å². The topological polar surface area (TPSA) is 64.7 Å². The van der Waals surface area contributed by atoms with Crippen molar-refractivity contribution in [2.24, 2.45) is 11.7 Å². The SMILES string of the molecule is CCOP(O)OCC1CCC(N)CC1. The van der Waals surface area contributed by atoms with E-state index >= 15 is 0 Å². The van der Waals surface area contributed by atoms with E-state index in [-0.39, 0.29) is 0 Å². The van der Waals surface area contributed by atoms with Crippen LogP contribution in [0.4, 0.5) is 0 Å². The van der Waals surface area contributed by atoms with Crippen molar-refractivity contribution in [2.45, 2.75) is 38.6 Å². The molecule has 0 aromatic heterocycles. The summed E-state index contributed by atoms with van der Waals surface area (Å²) in [6.45, 7) is 2.95. The summed E-state index contributed by atoms with van der Waals surface area (Å²) in [5.74, 6) is 0.549. The van der Waals surface area contributed by atoms with Crippen LogP contribution in [0, 0.1) is 5.92 Å². The van der Waals surface area contributed by atoms with E-state index in [1.165, 1.54) is 0 Å².